The molecule has 84 valence electrons. The van der Waals surface area contributed by atoms with E-state index in [1.807, 2.05) is 6.07 Å². The van der Waals surface area contributed by atoms with Crippen molar-refractivity contribution in [2.45, 2.75) is 39.5 Å². The summed E-state index contributed by atoms with van der Waals surface area (Å²) in [7, 11) is 0. The predicted molar refractivity (Wildman–Crippen MR) is 65.5 cm³/mol. The van der Waals surface area contributed by atoms with Gasteiger partial charge in [0.25, 0.3) is 0 Å². The van der Waals surface area contributed by atoms with Crippen molar-refractivity contribution in [3.63, 3.8) is 0 Å². The molecule has 3 heteroatoms. The molecule has 0 fully saturated rings. The maximum Gasteiger partial charge on any atom is 0.138 e. The molecule has 1 aromatic carbocycles. The van der Waals surface area contributed by atoms with Crippen molar-refractivity contribution in [1.29, 1.82) is 0 Å². The summed E-state index contributed by atoms with van der Waals surface area (Å²) in [6.07, 6.45) is 1.50. The smallest absolute Gasteiger partial charge is 0.138 e. The molecule has 0 bridgehead atoms. The molecule has 0 spiro atoms. The lowest BCUT2D eigenvalue weighted by Gasteiger charge is -2.16. The zero-order chi connectivity index (χ0) is 11.7. The summed E-state index contributed by atoms with van der Waals surface area (Å²) < 4.78 is 0. The molecule has 0 aliphatic carbocycles. The van der Waals surface area contributed by atoms with Crippen molar-refractivity contribution in [3.8, 4) is 0 Å². The average molecular weight is 215 g/mol. The molecule has 2 rings (SSSR count). The average Bonchev–Trinajstić information content (AvgIpc) is 2.27. The van der Waals surface area contributed by atoms with Crippen molar-refractivity contribution < 1.29 is 0 Å². The van der Waals surface area contributed by atoms with Crippen LogP contribution in [-0.4, -0.2) is 15.2 Å². The lowest BCUT2D eigenvalue weighted by molar-refractivity contribution is 0.791. The van der Waals surface area contributed by atoms with Crippen molar-refractivity contribution in [2.24, 2.45) is 0 Å². The van der Waals surface area contributed by atoms with E-state index < -0.39 is 0 Å². The molecule has 0 unspecified atom stereocenters. The topological polar surface area (TPSA) is 38.7 Å². The highest BCUT2D eigenvalue weighted by atomic mass is 15.1. The Morgan fingerprint density at radius 3 is 2.38 bits per heavy atom. The number of hydrogen-bond acceptors (Lipinski definition) is 3. The molecular weight excluding hydrogens is 198 g/mol. The highest BCUT2D eigenvalue weighted by molar-refractivity contribution is 5.79. The van der Waals surface area contributed by atoms with E-state index in [4.69, 9.17) is 0 Å². The molecule has 0 N–H and O–H groups in total. The number of rotatable bonds is 2. The minimum atomic E-state index is 0.444. The SMILES string of the molecule is CC(C)c1ccc2ncnnc2c1C(C)C. The Labute approximate surface area is 95.9 Å². The summed E-state index contributed by atoms with van der Waals surface area (Å²) in [5.74, 6) is 0.948. The van der Waals surface area contributed by atoms with Gasteiger partial charge in [-0.05, 0) is 29.0 Å². The van der Waals surface area contributed by atoms with Gasteiger partial charge in [0, 0.05) is 0 Å². The van der Waals surface area contributed by atoms with E-state index in [9.17, 15) is 0 Å². The number of benzene rings is 1. The Balaban J connectivity index is 2.79. The van der Waals surface area contributed by atoms with E-state index >= 15 is 0 Å². The largest absolute Gasteiger partial charge is 0.233 e. The van der Waals surface area contributed by atoms with E-state index in [1.165, 1.54) is 17.5 Å². The molecule has 1 heterocycles. The van der Waals surface area contributed by atoms with E-state index in [0.29, 0.717) is 11.8 Å². The second kappa shape index (κ2) is 4.16. The molecule has 0 amide bonds. The molecule has 0 aliphatic rings. The summed E-state index contributed by atoms with van der Waals surface area (Å²) in [5.41, 5.74) is 4.52. The van der Waals surface area contributed by atoms with Gasteiger partial charge in [-0.3, -0.25) is 0 Å². The second-order valence-corrected chi connectivity index (χ2v) is 4.71. The maximum atomic E-state index is 4.25. The molecule has 3 nitrogen and oxygen atoms in total. The molecule has 16 heavy (non-hydrogen) atoms. The van der Waals surface area contributed by atoms with Gasteiger partial charge in [-0.1, -0.05) is 33.8 Å². The lowest BCUT2D eigenvalue weighted by atomic mass is 9.89. The van der Waals surface area contributed by atoms with E-state index in [-0.39, 0.29) is 0 Å². The molecule has 0 radical (unpaired) electrons. The molecular formula is C13H17N3. The Kier molecular flexibility index (Phi) is 2.86. The summed E-state index contributed by atoms with van der Waals surface area (Å²) >= 11 is 0. The zero-order valence-electron chi connectivity index (χ0n) is 10.2. The van der Waals surface area contributed by atoms with Gasteiger partial charge in [0.15, 0.2) is 0 Å². The van der Waals surface area contributed by atoms with Crippen LogP contribution in [0.4, 0.5) is 0 Å². The Hall–Kier alpha value is -1.51. The predicted octanol–water partition coefficient (Wildman–Crippen LogP) is 3.27. The van der Waals surface area contributed by atoms with Gasteiger partial charge >= 0.3 is 0 Å². The van der Waals surface area contributed by atoms with Crippen molar-refractivity contribution in [3.05, 3.63) is 29.6 Å². The Morgan fingerprint density at radius 1 is 1.00 bits per heavy atom. The molecule has 0 saturated heterocycles. The third-order valence-electron chi connectivity index (χ3n) is 2.84. The van der Waals surface area contributed by atoms with Crippen LogP contribution in [-0.2, 0) is 0 Å². The van der Waals surface area contributed by atoms with Crippen LogP contribution in [0.3, 0.4) is 0 Å². The maximum absolute atomic E-state index is 4.25. The minimum absolute atomic E-state index is 0.444. The quantitative estimate of drug-likeness (QED) is 0.771. The molecule has 1 aromatic heterocycles. The van der Waals surface area contributed by atoms with Crippen LogP contribution in [0.5, 0.6) is 0 Å². The number of aromatic nitrogens is 3. The van der Waals surface area contributed by atoms with Crippen molar-refractivity contribution in [2.75, 3.05) is 0 Å². The van der Waals surface area contributed by atoms with Crippen LogP contribution < -0.4 is 0 Å². The first-order valence-electron chi connectivity index (χ1n) is 5.71. The third kappa shape index (κ3) is 1.77. The highest BCUT2D eigenvalue weighted by Crippen LogP contribution is 2.30. The fourth-order valence-electron chi connectivity index (χ4n) is 2.10. The van der Waals surface area contributed by atoms with Gasteiger partial charge in [-0.15, -0.1) is 10.2 Å². The first kappa shape index (κ1) is 11.0. The molecule has 2 aromatic rings. The minimum Gasteiger partial charge on any atom is -0.233 e. The van der Waals surface area contributed by atoms with Crippen LogP contribution in [0.25, 0.3) is 11.0 Å². The van der Waals surface area contributed by atoms with Gasteiger partial charge in [-0.25, -0.2) is 4.98 Å². The van der Waals surface area contributed by atoms with Crippen molar-refractivity contribution >= 4 is 11.0 Å². The number of nitrogens with zero attached hydrogens (tertiary/aromatic N) is 3. The molecule has 0 atom stereocenters. The number of fused-ring (bicyclic) bond motifs is 1. The third-order valence-corrected chi connectivity index (χ3v) is 2.84. The van der Waals surface area contributed by atoms with Crippen LogP contribution in [0.2, 0.25) is 0 Å². The summed E-state index contributed by atoms with van der Waals surface area (Å²) in [5, 5.41) is 8.13. The first-order chi connectivity index (χ1) is 7.61. The monoisotopic (exact) mass is 215 g/mol. The van der Waals surface area contributed by atoms with E-state index in [0.717, 1.165) is 11.0 Å². The fourth-order valence-corrected chi connectivity index (χ4v) is 2.10. The van der Waals surface area contributed by atoms with Gasteiger partial charge < -0.3 is 0 Å². The normalized spacial score (nSPS) is 11.6. The van der Waals surface area contributed by atoms with E-state index in [2.05, 4.69) is 48.9 Å². The van der Waals surface area contributed by atoms with Crippen LogP contribution >= 0.6 is 0 Å². The van der Waals surface area contributed by atoms with Crippen molar-refractivity contribution in [1.82, 2.24) is 15.2 Å². The summed E-state index contributed by atoms with van der Waals surface area (Å²) in [6.45, 7) is 8.79. The lowest BCUT2D eigenvalue weighted by Crippen LogP contribution is -2.02. The molecule has 0 saturated carbocycles. The van der Waals surface area contributed by atoms with E-state index in [1.54, 1.807) is 0 Å². The fraction of sp³-hybridized carbons (Fsp3) is 0.462. The summed E-state index contributed by atoms with van der Waals surface area (Å²) in [6, 6.07) is 4.20. The standard InChI is InChI=1S/C13H17N3/c1-8(2)10-5-6-11-13(12(10)9(3)4)16-15-7-14-11/h5-9H,1-4H3. The number of hydrogen-bond donors (Lipinski definition) is 0. The van der Waals surface area contributed by atoms with Gasteiger partial charge in [0.2, 0.25) is 0 Å². The Bertz CT molecular complexity index is 504. The Morgan fingerprint density at radius 2 is 1.75 bits per heavy atom. The van der Waals surface area contributed by atoms with Crippen LogP contribution in [0, 0.1) is 0 Å². The summed E-state index contributed by atoms with van der Waals surface area (Å²) in [4.78, 5) is 4.25. The van der Waals surface area contributed by atoms with Crippen LogP contribution in [0.1, 0.15) is 50.7 Å². The zero-order valence-corrected chi connectivity index (χ0v) is 10.2. The first-order valence-corrected chi connectivity index (χ1v) is 5.71. The van der Waals surface area contributed by atoms with Gasteiger partial charge in [-0.2, -0.15) is 0 Å². The second-order valence-electron chi connectivity index (χ2n) is 4.71. The molecule has 0 aliphatic heterocycles. The van der Waals surface area contributed by atoms with Crippen LogP contribution in [0.15, 0.2) is 18.5 Å². The van der Waals surface area contributed by atoms with Gasteiger partial charge in [0.05, 0.1) is 5.52 Å². The van der Waals surface area contributed by atoms with Gasteiger partial charge in [0.1, 0.15) is 11.8 Å². The highest BCUT2D eigenvalue weighted by Gasteiger charge is 2.15.